The molecule has 1 rings (SSSR count). The lowest BCUT2D eigenvalue weighted by Crippen LogP contribution is -2.39. The van der Waals surface area contributed by atoms with Gasteiger partial charge >= 0.3 is 12.2 Å². The Morgan fingerprint density at radius 3 is 2.52 bits per heavy atom. The van der Waals surface area contributed by atoms with Crippen LogP contribution in [0.25, 0.3) is 0 Å². The molecular weight excluding hydrogens is 317 g/mol. The summed E-state index contributed by atoms with van der Waals surface area (Å²) < 4.78 is 50.5. The van der Waals surface area contributed by atoms with Gasteiger partial charge in [-0.3, -0.25) is 0 Å². The smallest absolute Gasteiger partial charge is 0.411 e. The fourth-order valence-corrected chi connectivity index (χ4v) is 1.68. The second-order valence-corrected chi connectivity index (χ2v) is 4.70. The zero-order chi connectivity index (χ0) is 17.5. The summed E-state index contributed by atoms with van der Waals surface area (Å²) in [5.41, 5.74) is 0.397. The number of methoxy groups -OCH3 is 2. The lowest BCUT2D eigenvalue weighted by Gasteiger charge is -2.17. The van der Waals surface area contributed by atoms with Crippen molar-refractivity contribution < 1.29 is 32.2 Å². The third-order valence-electron chi connectivity index (χ3n) is 2.67. The van der Waals surface area contributed by atoms with Gasteiger partial charge in [-0.1, -0.05) is 0 Å². The number of nitrogens with one attached hydrogen (secondary N) is 2. The van der Waals surface area contributed by atoms with E-state index in [1.54, 1.807) is 18.2 Å². The molecule has 0 heterocycles. The molecule has 2 amide bonds. The molecule has 0 radical (unpaired) electrons. The van der Waals surface area contributed by atoms with E-state index in [1.165, 1.54) is 21.1 Å². The van der Waals surface area contributed by atoms with E-state index in [0.29, 0.717) is 17.2 Å². The molecule has 0 bridgehead atoms. The number of benzene rings is 1. The average Bonchev–Trinajstić information content (AvgIpc) is 2.46. The van der Waals surface area contributed by atoms with Crippen LogP contribution in [0.1, 0.15) is 6.92 Å². The number of ether oxygens (including phenoxy) is 3. The summed E-state index contributed by atoms with van der Waals surface area (Å²) in [6.07, 6.45) is -4.39. The zero-order valence-electron chi connectivity index (χ0n) is 13.0. The molecule has 23 heavy (non-hydrogen) atoms. The summed E-state index contributed by atoms with van der Waals surface area (Å²) in [4.78, 5) is 11.8. The van der Waals surface area contributed by atoms with Crippen LogP contribution < -0.4 is 20.1 Å². The van der Waals surface area contributed by atoms with Crippen molar-refractivity contribution in [1.82, 2.24) is 5.32 Å². The first kappa shape index (κ1) is 18.9. The van der Waals surface area contributed by atoms with Gasteiger partial charge in [0.2, 0.25) is 0 Å². The van der Waals surface area contributed by atoms with Crippen molar-refractivity contribution in [2.24, 2.45) is 0 Å². The van der Waals surface area contributed by atoms with Gasteiger partial charge < -0.3 is 24.8 Å². The van der Waals surface area contributed by atoms with Gasteiger partial charge in [-0.2, -0.15) is 13.2 Å². The molecule has 1 atom stereocenters. The van der Waals surface area contributed by atoms with E-state index in [0.717, 1.165) is 0 Å². The highest BCUT2D eigenvalue weighted by molar-refractivity contribution is 5.91. The second kappa shape index (κ2) is 8.47. The number of carbonyl (C=O) groups excluding carboxylic acids is 1. The van der Waals surface area contributed by atoms with Gasteiger partial charge in [-0.25, -0.2) is 4.79 Å². The Labute approximate surface area is 131 Å². The van der Waals surface area contributed by atoms with Gasteiger partial charge in [-0.15, -0.1) is 0 Å². The normalized spacial score (nSPS) is 12.4. The average molecular weight is 336 g/mol. The third kappa shape index (κ3) is 7.09. The summed E-state index contributed by atoms with van der Waals surface area (Å²) in [6.45, 7) is -0.0825. The van der Waals surface area contributed by atoms with Gasteiger partial charge in [0, 0.05) is 6.07 Å². The van der Waals surface area contributed by atoms with E-state index >= 15 is 0 Å². The van der Waals surface area contributed by atoms with Crippen LogP contribution in [0, 0.1) is 0 Å². The summed E-state index contributed by atoms with van der Waals surface area (Å²) in [6, 6.07) is 3.62. The molecule has 2 N–H and O–H groups in total. The largest absolute Gasteiger partial charge is 0.497 e. The quantitative estimate of drug-likeness (QED) is 0.803. The maximum atomic E-state index is 12.0. The van der Waals surface area contributed by atoms with E-state index in [4.69, 9.17) is 9.47 Å². The molecule has 6 nitrogen and oxygen atoms in total. The van der Waals surface area contributed by atoms with Crippen molar-refractivity contribution in [3.8, 4) is 11.5 Å². The van der Waals surface area contributed by atoms with Crippen molar-refractivity contribution in [2.45, 2.75) is 19.1 Å². The maximum Gasteiger partial charge on any atom is 0.411 e. The molecule has 0 unspecified atom stereocenters. The van der Waals surface area contributed by atoms with Crippen LogP contribution in [-0.2, 0) is 4.74 Å². The summed E-state index contributed by atoms with van der Waals surface area (Å²) in [5.74, 6) is 0.946. The maximum absolute atomic E-state index is 12.0. The van der Waals surface area contributed by atoms with Crippen LogP contribution in [0.5, 0.6) is 11.5 Å². The molecule has 0 aliphatic carbocycles. The number of halogens is 3. The first-order chi connectivity index (χ1) is 10.7. The van der Waals surface area contributed by atoms with Crippen LogP contribution in [0.2, 0.25) is 0 Å². The minimum Gasteiger partial charge on any atom is -0.497 e. The number of hydrogen-bond donors (Lipinski definition) is 2. The molecule has 130 valence electrons. The Balaban J connectivity index is 2.50. The number of anilines is 1. The van der Waals surface area contributed by atoms with Crippen molar-refractivity contribution in [3.63, 3.8) is 0 Å². The molecule has 0 spiro atoms. The predicted molar refractivity (Wildman–Crippen MR) is 78.0 cm³/mol. The molecular formula is C14H19F3N2O4. The molecule has 0 aromatic heterocycles. The zero-order valence-corrected chi connectivity index (χ0v) is 13.0. The lowest BCUT2D eigenvalue weighted by molar-refractivity contribution is -0.174. The van der Waals surface area contributed by atoms with E-state index in [2.05, 4.69) is 15.4 Å². The second-order valence-electron chi connectivity index (χ2n) is 4.70. The summed E-state index contributed by atoms with van der Waals surface area (Å²) >= 11 is 0. The molecule has 0 saturated carbocycles. The first-order valence-corrected chi connectivity index (χ1v) is 6.69. The minimum absolute atomic E-state index is 0.257. The summed E-state index contributed by atoms with van der Waals surface area (Å²) in [7, 11) is 2.93. The van der Waals surface area contributed by atoms with Crippen LogP contribution >= 0.6 is 0 Å². The molecule has 1 aromatic carbocycles. The van der Waals surface area contributed by atoms with E-state index in [1.807, 2.05) is 0 Å². The Bertz CT molecular complexity index is 523. The number of hydrogen-bond acceptors (Lipinski definition) is 4. The Kier molecular flexibility index (Phi) is 6.95. The fraction of sp³-hybridized carbons (Fsp3) is 0.500. The Morgan fingerprint density at radius 1 is 1.26 bits per heavy atom. The van der Waals surface area contributed by atoms with Crippen molar-refractivity contribution in [2.75, 3.05) is 32.8 Å². The van der Waals surface area contributed by atoms with Crippen LogP contribution in [-0.4, -0.2) is 45.7 Å². The SMILES string of the molecule is COc1ccc(NC(=O)N[C@@H](C)COCC(F)(F)F)c(OC)c1. The van der Waals surface area contributed by atoms with Crippen LogP contribution in [0.4, 0.5) is 23.7 Å². The molecule has 0 saturated heterocycles. The number of amides is 2. The highest BCUT2D eigenvalue weighted by Crippen LogP contribution is 2.28. The number of alkyl halides is 3. The minimum atomic E-state index is -4.39. The standard InChI is InChI=1S/C14H19F3N2O4/c1-9(7-23-8-14(15,16)17)18-13(20)19-11-5-4-10(21-2)6-12(11)22-3/h4-6,9H,7-8H2,1-3H3,(H2,18,19,20)/t9-/m0/s1. The van der Waals surface area contributed by atoms with Gasteiger partial charge in [-0.05, 0) is 19.1 Å². The van der Waals surface area contributed by atoms with Gasteiger partial charge in [0.25, 0.3) is 0 Å². The van der Waals surface area contributed by atoms with Gasteiger partial charge in [0.15, 0.2) is 0 Å². The topological polar surface area (TPSA) is 68.8 Å². The Hall–Kier alpha value is -2.16. The molecule has 1 aromatic rings. The highest BCUT2D eigenvalue weighted by Gasteiger charge is 2.27. The predicted octanol–water partition coefficient (Wildman–Crippen LogP) is 2.79. The molecule has 9 heteroatoms. The monoisotopic (exact) mass is 336 g/mol. The summed E-state index contributed by atoms with van der Waals surface area (Å²) in [5, 5.41) is 5.01. The fourth-order valence-electron chi connectivity index (χ4n) is 1.68. The number of urea groups is 1. The van der Waals surface area contributed by atoms with Crippen LogP contribution in [0.15, 0.2) is 18.2 Å². The Morgan fingerprint density at radius 2 is 1.96 bits per heavy atom. The highest BCUT2D eigenvalue weighted by atomic mass is 19.4. The first-order valence-electron chi connectivity index (χ1n) is 6.69. The third-order valence-corrected chi connectivity index (χ3v) is 2.67. The molecule has 0 aliphatic heterocycles. The molecule has 0 aliphatic rings. The molecule has 0 fully saturated rings. The van der Waals surface area contributed by atoms with Gasteiger partial charge in [0.05, 0.1) is 32.6 Å². The number of rotatable bonds is 7. The van der Waals surface area contributed by atoms with Crippen molar-refractivity contribution >= 4 is 11.7 Å². The van der Waals surface area contributed by atoms with Crippen LogP contribution in [0.3, 0.4) is 0 Å². The van der Waals surface area contributed by atoms with E-state index < -0.39 is 24.9 Å². The van der Waals surface area contributed by atoms with Crippen molar-refractivity contribution in [3.05, 3.63) is 18.2 Å². The lowest BCUT2D eigenvalue weighted by atomic mass is 10.2. The number of carbonyl (C=O) groups is 1. The van der Waals surface area contributed by atoms with Crippen molar-refractivity contribution in [1.29, 1.82) is 0 Å². The van der Waals surface area contributed by atoms with E-state index in [-0.39, 0.29) is 6.61 Å². The van der Waals surface area contributed by atoms with Gasteiger partial charge in [0.1, 0.15) is 18.1 Å². The van der Waals surface area contributed by atoms with E-state index in [9.17, 15) is 18.0 Å².